The molecule has 7 atom stereocenters. The molecule has 9 nitrogen and oxygen atoms in total. The fourth-order valence-corrected chi connectivity index (χ4v) is 10.2. The van der Waals surface area contributed by atoms with Gasteiger partial charge in [0, 0.05) is 6.42 Å². The van der Waals surface area contributed by atoms with E-state index in [2.05, 4.69) is 43.5 Å². The molecule has 0 aromatic rings. The molecule has 0 aromatic heterocycles. The number of nitrogens with one attached hydrogen (secondary N) is 1. The predicted molar refractivity (Wildman–Crippen MR) is 309 cm³/mol. The zero-order valence-electron chi connectivity index (χ0n) is 47.9. The van der Waals surface area contributed by atoms with Crippen LogP contribution in [0.15, 0.2) is 36.5 Å². The Bertz CT molecular complexity index is 1240. The van der Waals surface area contributed by atoms with Gasteiger partial charge in [0.25, 0.3) is 0 Å². The number of unbranched alkanes of at least 4 members (excludes halogenated alkanes) is 41. The van der Waals surface area contributed by atoms with E-state index in [1.165, 1.54) is 238 Å². The van der Waals surface area contributed by atoms with Gasteiger partial charge in [0.2, 0.25) is 5.91 Å². The molecule has 9 heteroatoms. The summed E-state index contributed by atoms with van der Waals surface area (Å²) in [5.74, 6) is -0.187. The molecule has 1 fully saturated rings. The number of amides is 1. The lowest BCUT2D eigenvalue weighted by molar-refractivity contribution is -0.302. The van der Waals surface area contributed by atoms with Crippen LogP contribution in [0.25, 0.3) is 0 Å². The molecule has 0 saturated carbocycles. The van der Waals surface area contributed by atoms with Gasteiger partial charge < -0.3 is 40.3 Å². The number of carbonyl (C=O) groups is 1. The molecule has 0 spiro atoms. The molecule has 1 rings (SSSR count). The summed E-state index contributed by atoms with van der Waals surface area (Å²) in [7, 11) is 0. The van der Waals surface area contributed by atoms with Crippen LogP contribution in [-0.4, -0.2) is 87.5 Å². The van der Waals surface area contributed by atoms with Gasteiger partial charge in [-0.1, -0.05) is 294 Å². The van der Waals surface area contributed by atoms with Crippen LogP contribution in [0, 0.1) is 0 Å². The van der Waals surface area contributed by atoms with Crippen molar-refractivity contribution in [3.8, 4) is 0 Å². The monoisotopic (exact) mass is 1030 g/mol. The van der Waals surface area contributed by atoms with Gasteiger partial charge in [-0.25, -0.2) is 0 Å². The first-order valence-electron chi connectivity index (χ1n) is 31.7. The molecular formula is C64H121NO8. The summed E-state index contributed by atoms with van der Waals surface area (Å²) >= 11 is 0. The third-order valence-corrected chi connectivity index (χ3v) is 15.2. The molecule has 6 N–H and O–H groups in total. The first-order valence-corrected chi connectivity index (χ1v) is 31.7. The smallest absolute Gasteiger partial charge is 0.220 e. The van der Waals surface area contributed by atoms with Crippen molar-refractivity contribution in [2.45, 2.75) is 352 Å². The number of allylic oxidation sites excluding steroid dienone is 5. The summed E-state index contributed by atoms with van der Waals surface area (Å²) in [6, 6.07) is -0.825. The van der Waals surface area contributed by atoms with Gasteiger partial charge in [-0.3, -0.25) is 4.79 Å². The van der Waals surface area contributed by atoms with E-state index >= 15 is 0 Å². The van der Waals surface area contributed by atoms with E-state index in [9.17, 15) is 30.3 Å². The minimum absolute atomic E-state index is 0.187. The van der Waals surface area contributed by atoms with Crippen LogP contribution >= 0.6 is 0 Å². The van der Waals surface area contributed by atoms with Crippen LogP contribution in [0.2, 0.25) is 0 Å². The average Bonchev–Trinajstić information content (AvgIpc) is 3.39. The lowest BCUT2D eigenvalue weighted by atomic mass is 9.99. The minimum atomic E-state index is -1.57. The second-order valence-electron chi connectivity index (χ2n) is 22.2. The first kappa shape index (κ1) is 69.4. The van der Waals surface area contributed by atoms with Gasteiger partial charge in [0.05, 0.1) is 25.4 Å². The fraction of sp³-hybridized carbons (Fsp3) is 0.891. The number of aliphatic hydroxyl groups excluding tert-OH is 5. The van der Waals surface area contributed by atoms with E-state index < -0.39 is 49.5 Å². The van der Waals surface area contributed by atoms with Crippen molar-refractivity contribution in [2.75, 3.05) is 13.2 Å². The molecular weight excluding hydrogens is 911 g/mol. The van der Waals surface area contributed by atoms with Gasteiger partial charge in [-0.05, 0) is 44.9 Å². The average molecular weight is 1030 g/mol. The molecule has 1 heterocycles. The van der Waals surface area contributed by atoms with Crippen LogP contribution in [-0.2, 0) is 14.3 Å². The van der Waals surface area contributed by atoms with E-state index in [1.807, 2.05) is 6.08 Å². The maximum Gasteiger partial charge on any atom is 0.220 e. The zero-order chi connectivity index (χ0) is 52.9. The summed E-state index contributed by atoms with van der Waals surface area (Å²) in [5.41, 5.74) is 0. The van der Waals surface area contributed by atoms with E-state index in [0.717, 1.165) is 51.4 Å². The molecule has 1 saturated heterocycles. The summed E-state index contributed by atoms with van der Waals surface area (Å²) < 4.78 is 11.2. The van der Waals surface area contributed by atoms with Crippen LogP contribution in [0.3, 0.4) is 0 Å². The normalized spacial score (nSPS) is 19.2. The fourth-order valence-electron chi connectivity index (χ4n) is 10.2. The Kier molecular flexibility index (Phi) is 51.2. The van der Waals surface area contributed by atoms with Gasteiger partial charge in [-0.15, -0.1) is 0 Å². The number of hydrogen-bond acceptors (Lipinski definition) is 8. The van der Waals surface area contributed by atoms with Crippen molar-refractivity contribution in [3.63, 3.8) is 0 Å². The van der Waals surface area contributed by atoms with E-state index in [-0.39, 0.29) is 12.5 Å². The summed E-state index contributed by atoms with van der Waals surface area (Å²) in [4.78, 5) is 13.0. The largest absolute Gasteiger partial charge is 0.394 e. The standard InChI is InChI=1S/C64H121NO8/c1-3-5-7-9-11-13-15-17-18-19-20-21-22-23-24-25-26-27-28-29-30-31-32-33-34-35-36-37-38-39-40-42-44-46-48-50-52-54-60(68)65-57(56-72-64-63(71)62(70)61(69)59(55-66)73-64)58(67)53-51-49-47-45-43-41-16-14-12-10-8-6-4-2/h12,14,43,45,51,53,57-59,61-64,66-67,69-71H,3-11,13,15-42,44,46-50,52,54-56H2,1-2H3,(H,65,68)/b14-12+,45-43+,53-51+. The number of carbonyl (C=O) groups excluding carboxylic acids is 1. The maximum absolute atomic E-state index is 13.0. The molecule has 0 radical (unpaired) electrons. The second kappa shape index (κ2) is 53.8. The molecule has 1 aliphatic heterocycles. The number of aliphatic hydroxyl groups is 5. The van der Waals surface area contributed by atoms with Crippen molar-refractivity contribution >= 4 is 5.91 Å². The van der Waals surface area contributed by atoms with Crippen molar-refractivity contribution < 1.29 is 39.8 Å². The first-order chi connectivity index (χ1) is 35.8. The van der Waals surface area contributed by atoms with E-state index in [4.69, 9.17) is 9.47 Å². The van der Waals surface area contributed by atoms with E-state index in [0.29, 0.717) is 6.42 Å². The lowest BCUT2D eigenvalue weighted by Crippen LogP contribution is -2.60. The van der Waals surface area contributed by atoms with E-state index in [1.54, 1.807) is 6.08 Å². The summed E-state index contributed by atoms with van der Waals surface area (Å²) in [5, 5.41) is 54.4. The zero-order valence-corrected chi connectivity index (χ0v) is 47.9. The highest BCUT2D eigenvalue weighted by molar-refractivity contribution is 5.76. The lowest BCUT2D eigenvalue weighted by Gasteiger charge is -2.40. The van der Waals surface area contributed by atoms with Crippen molar-refractivity contribution in [1.29, 1.82) is 0 Å². The van der Waals surface area contributed by atoms with Gasteiger partial charge in [0.15, 0.2) is 6.29 Å². The number of hydrogen-bond donors (Lipinski definition) is 6. The Hall–Kier alpha value is -1.59. The third kappa shape index (κ3) is 43.1. The minimum Gasteiger partial charge on any atom is -0.394 e. The molecule has 0 aliphatic carbocycles. The van der Waals surface area contributed by atoms with Crippen LogP contribution in [0.4, 0.5) is 0 Å². The third-order valence-electron chi connectivity index (χ3n) is 15.2. The molecule has 0 bridgehead atoms. The summed E-state index contributed by atoms with van der Waals surface area (Å²) in [6.45, 7) is 3.75. The second-order valence-corrected chi connectivity index (χ2v) is 22.2. The quantitative estimate of drug-likeness (QED) is 0.0261. The molecule has 7 unspecified atom stereocenters. The van der Waals surface area contributed by atoms with Gasteiger partial charge in [0.1, 0.15) is 24.4 Å². The van der Waals surface area contributed by atoms with Crippen LogP contribution in [0.5, 0.6) is 0 Å². The molecule has 73 heavy (non-hydrogen) atoms. The molecule has 0 aromatic carbocycles. The van der Waals surface area contributed by atoms with Gasteiger partial charge >= 0.3 is 0 Å². The van der Waals surface area contributed by atoms with Crippen molar-refractivity contribution in [2.24, 2.45) is 0 Å². The predicted octanol–water partition coefficient (Wildman–Crippen LogP) is 16.3. The highest BCUT2D eigenvalue weighted by atomic mass is 16.7. The van der Waals surface area contributed by atoms with Crippen molar-refractivity contribution in [3.05, 3.63) is 36.5 Å². The van der Waals surface area contributed by atoms with Crippen molar-refractivity contribution in [1.82, 2.24) is 5.32 Å². The maximum atomic E-state index is 13.0. The van der Waals surface area contributed by atoms with Gasteiger partial charge in [-0.2, -0.15) is 0 Å². The highest BCUT2D eigenvalue weighted by Gasteiger charge is 2.44. The molecule has 430 valence electrons. The van der Waals surface area contributed by atoms with Crippen LogP contribution < -0.4 is 5.32 Å². The summed E-state index contributed by atoms with van der Waals surface area (Å²) in [6.07, 6.45) is 64.1. The molecule has 1 aliphatic rings. The highest BCUT2D eigenvalue weighted by Crippen LogP contribution is 2.23. The number of ether oxygens (including phenoxy) is 2. The Balaban J connectivity index is 2.04. The topological polar surface area (TPSA) is 149 Å². The van der Waals surface area contributed by atoms with Crippen LogP contribution in [0.1, 0.15) is 309 Å². The Morgan fingerprint density at radius 2 is 0.781 bits per heavy atom. The Labute approximate surface area is 451 Å². The Morgan fingerprint density at radius 1 is 0.452 bits per heavy atom. The molecule has 1 amide bonds. The Morgan fingerprint density at radius 3 is 1.15 bits per heavy atom. The number of rotatable bonds is 55. The SMILES string of the molecule is CCCCC/C=C/CC/C=C/CC/C=C/C(O)C(COC1OC(CO)C(O)C(O)C1O)NC(=O)CCCCCCCCCCCCCCCCCCCCCCCCCCCCCCCCCCCCCCC.